The molecule has 0 saturated heterocycles. The Morgan fingerprint density at radius 3 is 2.74 bits per heavy atom. The topological polar surface area (TPSA) is 69.6 Å². The summed E-state index contributed by atoms with van der Waals surface area (Å²) in [7, 11) is 0. The number of aromatic nitrogens is 5. The lowest BCUT2D eigenvalue weighted by atomic mass is 10.1. The lowest BCUT2D eigenvalue weighted by molar-refractivity contribution is -0.137. The van der Waals surface area contributed by atoms with Crippen LogP contribution in [0.1, 0.15) is 17.0 Å². The number of halogens is 3. The first-order chi connectivity index (χ1) is 10.9. The molecule has 0 bridgehead atoms. The normalized spacial score (nSPS) is 12.2. The van der Waals surface area contributed by atoms with E-state index in [1.807, 2.05) is 0 Å². The number of hydrogen-bond donors (Lipinski definition) is 0. The third kappa shape index (κ3) is 3.44. The third-order valence-corrected chi connectivity index (χ3v) is 2.92. The van der Waals surface area contributed by atoms with Gasteiger partial charge in [-0.3, -0.25) is 0 Å². The van der Waals surface area contributed by atoms with E-state index in [9.17, 15) is 13.2 Å². The molecule has 0 amide bonds. The van der Waals surface area contributed by atoms with Crippen molar-refractivity contribution in [3.05, 3.63) is 47.9 Å². The first kappa shape index (κ1) is 14.9. The maximum atomic E-state index is 12.9. The second kappa shape index (κ2) is 5.67. The van der Waals surface area contributed by atoms with Crippen molar-refractivity contribution in [3.8, 4) is 11.4 Å². The number of nitrogens with zero attached hydrogens (tertiary/aromatic N) is 5. The van der Waals surface area contributed by atoms with Gasteiger partial charge in [-0.1, -0.05) is 0 Å². The average molecular weight is 321 g/mol. The van der Waals surface area contributed by atoms with Crippen LogP contribution in [0.2, 0.25) is 0 Å². The van der Waals surface area contributed by atoms with E-state index in [0.29, 0.717) is 11.1 Å². The highest BCUT2D eigenvalue weighted by Crippen LogP contribution is 2.32. The van der Waals surface area contributed by atoms with E-state index in [-0.39, 0.29) is 11.7 Å². The fraction of sp³-hybridized carbons (Fsp3) is 0.143. The van der Waals surface area contributed by atoms with Crippen molar-refractivity contribution in [2.75, 3.05) is 0 Å². The van der Waals surface area contributed by atoms with Crippen molar-refractivity contribution in [2.24, 2.45) is 0 Å². The van der Waals surface area contributed by atoms with Crippen LogP contribution in [0.3, 0.4) is 0 Å². The monoisotopic (exact) mass is 321 g/mol. The van der Waals surface area contributed by atoms with Gasteiger partial charge in [-0.2, -0.15) is 13.2 Å². The van der Waals surface area contributed by atoms with Crippen LogP contribution in [0.5, 0.6) is 0 Å². The molecule has 1 aromatic carbocycles. The molecule has 3 rings (SSSR count). The van der Waals surface area contributed by atoms with Crippen LogP contribution in [0, 0.1) is 6.92 Å². The average Bonchev–Trinajstić information content (AvgIpc) is 3.15. The van der Waals surface area contributed by atoms with Crippen molar-refractivity contribution in [1.29, 1.82) is 0 Å². The van der Waals surface area contributed by atoms with Crippen molar-refractivity contribution >= 4 is 12.3 Å². The van der Waals surface area contributed by atoms with E-state index < -0.39 is 11.7 Å². The van der Waals surface area contributed by atoms with Gasteiger partial charge in [0, 0.05) is 17.8 Å². The molecule has 0 radical (unpaired) electrons. The predicted octanol–water partition coefficient (Wildman–Crippen LogP) is 3.28. The molecule has 0 aliphatic carbocycles. The molecule has 0 unspecified atom stereocenters. The van der Waals surface area contributed by atoms with Gasteiger partial charge in [-0.25, -0.2) is 9.67 Å². The minimum Gasteiger partial charge on any atom is -0.424 e. The van der Waals surface area contributed by atoms with Crippen LogP contribution in [0.15, 0.2) is 35.3 Å². The zero-order valence-electron chi connectivity index (χ0n) is 11.8. The summed E-state index contributed by atoms with van der Waals surface area (Å²) in [6.45, 7) is 1.59. The highest BCUT2D eigenvalue weighted by Gasteiger charge is 2.31. The Balaban J connectivity index is 1.90. The highest BCUT2D eigenvalue weighted by molar-refractivity contribution is 5.59. The molecule has 2 aromatic heterocycles. The molecule has 0 aliphatic rings. The molecule has 0 fully saturated rings. The summed E-state index contributed by atoms with van der Waals surface area (Å²) in [5, 5.41) is 11.3. The largest absolute Gasteiger partial charge is 0.424 e. The maximum Gasteiger partial charge on any atom is 0.416 e. The van der Waals surface area contributed by atoms with Gasteiger partial charge in [0.25, 0.3) is 0 Å². The zero-order chi connectivity index (χ0) is 16.4. The minimum absolute atomic E-state index is 0.189. The van der Waals surface area contributed by atoms with Crippen LogP contribution >= 0.6 is 0 Å². The molecule has 9 heteroatoms. The quantitative estimate of drug-likeness (QED) is 0.740. The second-order valence-corrected chi connectivity index (χ2v) is 4.73. The smallest absolute Gasteiger partial charge is 0.416 e. The number of aryl methyl sites for hydroxylation is 1. The molecule has 2 heterocycles. The summed E-state index contributed by atoms with van der Waals surface area (Å²) in [6.07, 6.45) is 1.14. The molecule has 0 N–H and O–H groups in total. The van der Waals surface area contributed by atoms with Crippen molar-refractivity contribution in [2.45, 2.75) is 13.1 Å². The first-order valence-corrected chi connectivity index (χ1v) is 6.46. The van der Waals surface area contributed by atoms with Crippen LogP contribution in [-0.2, 0) is 6.18 Å². The van der Waals surface area contributed by atoms with Gasteiger partial charge < -0.3 is 4.42 Å². The van der Waals surface area contributed by atoms with E-state index in [1.54, 1.807) is 13.0 Å². The predicted molar refractivity (Wildman–Crippen MR) is 74.7 cm³/mol. The lowest BCUT2D eigenvalue weighted by Gasteiger charge is -2.09. The van der Waals surface area contributed by atoms with E-state index in [0.717, 1.165) is 12.1 Å². The van der Waals surface area contributed by atoms with Crippen LogP contribution in [0.4, 0.5) is 13.2 Å². The van der Waals surface area contributed by atoms with Gasteiger partial charge in [-0.05, 0) is 30.7 Å². The second-order valence-electron chi connectivity index (χ2n) is 4.73. The summed E-state index contributed by atoms with van der Waals surface area (Å²) >= 11 is 0. The Bertz CT molecular complexity index is 836. The SMILES string of the molecule is Cc1cc(-c2ncn(/C=C\c3nnco3)n2)cc(C(F)(F)F)c1. The lowest BCUT2D eigenvalue weighted by Crippen LogP contribution is -2.05. The van der Waals surface area contributed by atoms with Crippen molar-refractivity contribution in [1.82, 2.24) is 25.0 Å². The van der Waals surface area contributed by atoms with E-state index >= 15 is 0 Å². The van der Waals surface area contributed by atoms with E-state index in [4.69, 9.17) is 4.42 Å². The summed E-state index contributed by atoms with van der Waals surface area (Å²) in [4.78, 5) is 4.02. The van der Waals surface area contributed by atoms with Gasteiger partial charge >= 0.3 is 6.18 Å². The van der Waals surface area contributed by atoms with Crippen molar-refractivity contribution < 1.29 is 17.6 Å². The van der Waals surface area contributed by atoms with Crippen LogP contribution < -0.4 is 0 Å². The fourth-order valence-electron chi connectivity index (χ4n) is 1.95. The van der Waals surface area contributed by atoms with Crippen LogP contribution in [-0.4, -0.2) is 25.0 Å². The molecule has 0 atom stereocenters. The molecule has 0 saturated carbocycles. The molecule has 0 aliphatic heterocycles. The highest BCUT2D eigenvalue weighted by atomic mass is 19.4. The third-order valence-electron chi connectivity index (χ3n) is 2.92. The van der Waals surface area contributed by atoms with Gasteiger partial charge in [0.2, 0.25) is 12.3 Å². The van der Waals surface area contributed by atoms with Crippen LogP contribution in [0.25, 0.3) is 23.7 Å². The number of alkyl halides is 3. The Labute approximate surface area is 128 Å². The summed E-state index contributed by atoms with van der Waals surface area (Å²) in [5.74, 6) is 0.464. The first-order valence-electron chi connectivity index (χ1n) is 6.46. The van der Waals surface area contributed by atoms with E-state index in [2.05, 4.69) is 20.3 Å². The van der Waals surface area contributed by atoms with Gasteiger partial charge in [0.05, 0.1) is 5.56 Å². The Hall–Kier alpha value is -2.97. The number of rotatable bonds is 3. The fourth-order valence-corrected chi connectivity index (χ4v) is 1.95. The standard InChI is InChI=1S/C14H10F3N5O/c1-9-4-10(6-11(5-9)14(15,16)17)13-18-7-22(21-13)3-2-12-20-19-8-23-12/h2-8H,1H3/b3-2-. The summed E-state index contributed by atoms with van der Waals surface area (Å²) < 4.78 is 44.9. The maximum absolute atomic E-state index is 12.9. The Morgan fingerprint density at radius 2 is 2.04 bits per heavy atom. The number of benzene rings is 1. The molecule has 118 valence electrons. The van der Waals surface area contributed by atoms with Gasteiger partial charge in [0.1, 0.15) is 6.33 Å². The minimum atomic E-state index is -4.42. The molecular formula is C14H10F3N5O. The summed E-state index contributed by atoms with van der Waals surface area (Å²) in [5.41, 5.74) is 0.0418. The molecule has 0 spiro atoms. The Kier molecular flexibility index (Phi) is 3.68. The molecule has 6 nitrogen and oxygen atoms in total. The Morgan fingerprint density at radius 1 is 1.22 bits per heavy atom. The molecule has 3 aromatic rings. The number of hydrogen-bond acceptors (Lipinski definition) is 5. The summed E-state index contributed by atoms with van der Waals surface area (Å²) in [6, 6.07) is 3.70. The molecule has 23 heavy (non-hydrogen) atoms. The van der Waals surface area contributed by atoms with Gasteiger partial charge in [-0.15, -0.1) is 15.3 Å². The van der Waals surface area contributed by atoms with E-state index in [1.165, 1.54) is 29.7 Å². The molecular weight excluding hydrogens is 311 g/mol. The zero-order valence-corrected chi connectivity index (χ0v) is 11.8. The van der Waals surface area contributed by atoms with Gasteiger partial charge in [0.15, 0.2) is 5.82 Å². The van der Waals surface area contributed by atoms with Crippen molar-refractivity contribution in [3.63, 3.8) is 0 Å².